The van der Waals surface area contributed by atoms with E-state index in [0.717, 1.165) is 25.7 Å². The van der Waals surface area contributed by atoms with Crippen molar-refractivity contribution >= 4 is 9.84 Å². The zero-order valence-corrected chi connectivity index (χ0v) is 8.31. The number of hydrogen-bond acceptors (Lipinski definition) is 3. The Labute approximate surface area is 74.3 Å². The molecule has 72 valence electrons. The second-order valence-corrected chi connectivity index (χ2v) is 6.06. The highest BCUT2D eigenvalue weighted by molar-refractivity contribution is 7.90. The number of hydrogen-bond donors (Lipinski definition) is 1. The first-order valence-corrected chi connectivity index (χ1v) is 6.47. The zero-order valence-electron chi connectivity index (χ0n) is 7.49. The highest BCUT2D eigenvalue weighted by Crippen LogP contribution is 2.23. The minimum atomic E-state index is -2.78. The molecule has 0 bridgehead atoms. The van der Waals surface area contributed by atoms with E-state index < -0.39 is 9.84 Å². The van der Waals surface area contributed by atoms with Crippen LogP contribution in [0.4, 0.5) is 0 Å². The van der Waals surface area contributed by atoms with E-state index in [2.05, 4.69) is 0 Å². The summed E-state index contributed by atoms with van der Waals surface area (Å²) in [4.78, 5) is 0. The fourth-order valence-corrected chi connectivity index (χ4v) is 2.97. The molecule has 12 heavy (non-hydrogen) atoms. The normalized spacial score (nSPS) is 31.8. The van der Waals surface area contributed by atoms with E-state index in [1.165, 1.54) is 6.26 Å². The smallest absolute Gasteiger partial charge is 0.147 e. The first-order chi connectivity index (χ1) is 5.47. The van der Waals surface area contributed by atoms with Crippen molar-refractivity contribution in [3.8, 4) is 0 Å². The van der Waals surface area contributed by atoms with Crippen molar-refractivity contribution in [1.29, 1.82) is 0 Å². The summed E-state index contributed by atoms with van der Waals surface area (Å²) < 4.78 is 21.9. The van der Waals surface area contributed by atoms with Gasteiger partial charge < -0.3 is 5.73 Å². The maximum atomic E-state index is 10.9. The lowest BCUT2D eigenvalue weighted by atomic mass is 9.88. The Bertz CT molecular complexity index is 227. The topological polar surface area (TPSA) is 60.2 Å². The largest absolute Gasteiger partial charge is 0.328 e. The van der Waals surface area contributed by atoms with Crippen LogP contribution in [-0.4, -0.2) is 26.5 Å². The molecule has 1 aliphatic rings. The van der Waals surface area contributed by atoms with Crippen molar-refractivity contribution < 1.29 is 8.42 Å². The van der Waals surface area contributed by atoms with Crippen molar-refractivity contribution in [1.82, 2.24) is 0 Å². The van der Waals surface area contributed by atoms with E-state index in [0.29, 0.717) is 17.7 Å². The van der Waals surface area contributed by atoms with Gasteiger partial charge in [0.1, 0.15) is 9.84 Å². The van der Waals surface area contributed by atoms with E-state index >= 15 is 0 Å². The number of rotatable bonds is 2. The standard InChI is InChI=1S/C8H17NO2S/c1-12(10,11)6-7-2-4-8(9)5-3-7/h7-8H,2-6,9H2,1H3/t7-,8-. The second-order valence-electron chi connectivity index (χ2n) is 3.87. The fourth-order valence-electron chi connectivity index (χ4n) is 1.78. The molecule has 0 amide bonds. The van der Waals surface area contributed by atoms with Gasteiger partial charge in [0.25, 0.3) is 0 Å². The second kappa shape index (κ2) is 3.75. The van der Waals surface area contributed by atoms with Gasteiger partial charge in [-0.2, -0.15) is 0 Å². The summed E-state index contributed by atoms with van der Waals surface area (Å²) >= 11 is 0. The Morgan fingerprint density at radius 1 is 1.25 bits per heavy atom. The van der Waals surface area contributed by atoms with Crippen molar-refractivity contribution in [2.75, 3.05) is 12.0 Å². The quantitative estimate of drug-likeness (QED) is 0.693. The molecule has 1 aliphatic carbocycles. The minimum absolute atomic E-state index is 0.306. The molecule has 1 rings (SSSR count). The van der Waals surface area contributed by atoms with Crippen LogP contribution < -0.4 is 5.73 Å². The maximum absolute atomic E-state index is 10.9. The van der Waals surface area contributed by atoms with Crippen LogP contribution in [-0.2, 0) is 9.84 Å². The highest BCUT2D eigenvalue weighted by atomic mass is 32.2. The first-order valence-electron chi connectivity index (χ1n) is 4.40. The van der Waals surface area contributed by atoms with Crippen LogP contribution >= 0.6 is 0 Å². The molecule has 0 aromatic heterocycles. The molecular weight excluding hydrogens is 174 g/mol. The lowest BCUT2D eigenvalue weighted by Gasteiger charge is -2.25. The predicted molar refractivity (Wildman–Crippen MR) is 49.6 cm³/mol. The first kappa shape index (κ1) is 9.99. The van der Waals surface area contributed by atoms with E-state index in [1.54, 1.807) is 0 Å². The van der Waals surface area contributed by atoms with E-state index in [4.69, 9.17) is 5.73 Å². The van der Waals surface area contributed by atoms with E-state index in [-0.39, 0.29) is 0 Å². The van der Waals surface area contributed by atoms with Gasteiger partial charge in [0, 0.05) is 12.3 Å². The summed E-state index contributed by atoms with van der Waals surface area (Å²) in [6, 6.07) is 0.306. The van der Waals surface area contributed by atoms with Gasteiger partial charge in [0.2, 0.25) is 0 Å². The van der Waals surface area contributed by atoms with Crippen LogP contribution in [0.5, 0.6) is 0 Å². The van der Waals surface area contributed by atoms with Crippen molar-refractivity contribution in [3.63, 3.8) is 0 Å². The van der Waals surface area contributed by atoms with Crippen LogP contribution in [0.1, 0.15) is 25.7 Å². The summed E-state index contributed by atoms with van der Waals surface area (Å²) in [5.74, 6) is 0.708. The van der Waals surface area contributed by atoms with Crippen molar-refractivity contribution in [3.05, 3.63) is 0 Å². The van der Waals surface area contributed by atoms with Crippen LogP contribution in [0.3, 0.4) is 0 Å². The molecule has 0 aromatic rings. The third-order valence-electron chi connectivity index (χ3n) is 2.43. The maximum Gasteiger partial charge on any atom is 0.147 e. The van der Waals surface area contributed by atoms with Gasteiger partial charge in [0.15, 0.2) is 0 Å². The SMILES string of the molecule is CS(=O)(=O)C[C@H]1CC[C@H](N)CC1. The summed E-state index contributed by atoms with van der Waals surface area (Å²) in [7, 11) is -2.78. The van der Waals surface area contributed by atoms with E-state index in [1.807, 2.05) is 0 Å². The summed E-state index contributed by atoms with van der Waals surface area (Å²) in [6.45, 7) is 0. The molecule has 0 spiro atoms. The van der Waals surface area contributed by atoms with Gasteiger partial charge >= 0.3 is 0 Å². The van der Waals surface area contributed by atoms with Crippen LogP contribution in [0.2, 0.25) is 0 Å². The molecule has 1 saturated carbocycles. The number of nitrogens with two attached hydrogens (primary N) is 1. The molecule has 0 heterocycles. The molecule has 0 aliphatic heterocycles. The fraction of sp³-hybridized carbons (Fsp3) is 1.00. The predicted octanol–water partition coefficient (Wildman–Crippen LogP) is 0.549. The van der Waals surface area contributed by atoms with Gasteiger partial charge in [-0.05, 0) is 31.6 Å². The molecular formula is C8H17NO2S. The molecule has 4 heteroatoms. The molecule has 2 N–H and O–H groups in total. The Balaban J connectivity index is 2.36. The monoisotopic (exact) mass is 191 g/mol. The van der Waals surface area contributed by atoms with Gasteiger partial charge in [-0.25, -0.2) is 8.42 Å². The molecule has 0 atom stereocenters. The Hall–Kier alpha value is -0.0900. The lowest BCUT2D eigenvalue weighted by molar-refractivity contribution is 0.349. The zero-order chi connectivity index (χ0) is 9.19. The van der Waals surface area contributed by atoms with Crippen LogP contribution in [0.25, 0.3) is 0 Å². The van der Waals surface area contributed by atoms with Gasteiger partial charge in [-0.3, -0.25) is 0 Å². The summed E-state index contributed by atoms with van der Waals surface area (Å²) in [5.41, 5.74) is 5.71. The third-order valence-corrected chi connectivity index (χ3v) is 3.51. The molecule has 3 nitrogen and oxygen atoms in total. The van der Waals surface area contributed by atoms with Crippen molar-refractivity contribution in [2.24, 2.45) is 11.7 Å². The Morgan fingerprint density at radius 3 is 2.17 bits per heavy atom. The van der Waals surface area contributed by atoms with Crippen molar-refractivity contribution in [2.45, 2.75) is 31.7 Å². The molecule has 0 radical (unpaired) electrons. The Kier molecular flexibility index (Phi) is 3.12. The minimum Gasteiger partial charge on any atom is -0.328 e. The third kappa shape index (κ3) is 3.54. The molecule has 1 fully saturated rings. The Morgan fingerprint density at radius 2 is 1.75 bits per heavy atom. The van der Waals surface area contributed by atoms with Gasteiger partial charge in [0.05, 0.1) is 5.75 Å². The van der Waals surface area contributed by atoms with Crippen LogP contribution in [0.15, 0.2) is 0 Å². The summed E-state index contributed by atoms with van der Waals surface area (Å²) in [5, 5.41) is 0. The molecule has 0 unspecified atom stereocenters. The average Bonchev–Trinajstić information content (AvgIpc) is 1.91. The van der Waals surface area contributed by atoms with E-state index in [9.17, 15) is 8.42 Å². The van der Waals surface area contributed by atoms with Gasteiger partial charge in [-0.1, -0.05) is 0 Å². The van der Waals surface area contributed by atoms with Gasteiger partial charge in [-0.15, -0.1) is 0 Å². The number of sulfone groups is 1. The summed E-state index contributed by atoms with van der Waals surface area (Å²) in [6.07, 6.45) is 5.24. The molecule has 0 saturated heterocycles. The van der Waals surface area contributed by atoms with Crippen LogP contribution in [0, 0.1) is 5.92 Å². The highest BCUT2D eigenvalue weighted by Gasteiger charge is 2.21. The lowest BCUT2D eigenvalue weighted by Crippen LogP contribution is -2.29. The average molecular weight is 191 g/mol. The molecule has 0 aromatic carbocycles.